The third-order valence-electron chi connectivity index (χ3n) is 5.46. The Kier molecular flexibility index (Phi) is 7.83. The first-order valence-electron chi connectivity index (χ1n) is 11.1. The lowest BCUT2D eigenvalue weighted by atomic mass is 10.0. The molecule has 2 aliphatic rings. The molecule has 1 amide bonds. The summed E-state index contributed by atoms with van der Waals surface area (Å²) in [5.41, 5.74) is 0.810. The Morgan fingerprint density at radius 2 is 1.97 bits per heavy atom. The highest BCUT2D eigenvalue weighted by atomic mass is 35.5. The quantitative estimate of drug-likeness (QED) is 0.411. The van der Waals surface area contributed by atoms with Crippen LogP contribution in [0.5, 0.6) is 11.5 Å². The van der Waals surface area contributed by atoms with Crippen molar-refractivity contribution in [2.75, 3.05) is 26.4 Å². The summed E-state index contributed by atoms with van der Waals surface area (Å²) in [6, 6.07) is 11.0. The third-order valence-corrected chi connectivity index (χ3v) is 6.95. The number of carbonyl (C=O) groups excluding carboxylic acids is 2. The molecule has 1 fully saturated rings. The van der Waals surface area contributed by atoms with Gasteiger partial charge in [-0.2, -0.15) is 0 Å². The van der Waals surface area contributed by atoms with E-state index >= 15 is 0 Å². The Labute approximate surface area is 202 Å². The van der Waals surface area contributed by atoms with Gasteiger partial charge in [-0.25, -0.2) is 4.79 Å². The van der Waals surface area contributed by atoms with Crippen LogP contribution in [-0.4, -0.2) is 49.2 Å². The van der Waals surface area contributed by atoms with Crippen molar-refractivity contribution in [3.8, 4) is 11.5 Å². The van der Waals surface area contributed by atoms with Crippen LogP contribution in [0.3, 0.4) is 0 Å². The van der Waals surface area contributed by atoms with Crippen LogP contribution in [0.4, 0.5) is 0 Å². The number of halogens is 1. The van der Waals surface area contributed by atoms with E-state index in [4.69, 9.17) is 25.8 Å². The fourth-order valence-corrected chi connectivity index (χ4v) is 5.01. The molecule has 33 heavy (non-hydrogen) atoms. The Morgan fingerprint density at radius 1 is 1.15 bits per heavy atom. The van der Waals surface area contributed by atoms with Crippen LogP contribution in [0.25, 0.3) is 6.08 Å². The maximum absolute atomic E-state index is 12.8. The standard InChI is InChI=1S/C25H26ClNO5S/c1-2-30-25(29)20-5-3-4-12-27(20)24(28)11-7-17-6-10-23(19(26)15-17)33-18-8-9-21-22(16-18)32-14-13-31-21/h6-11,15-16,20H,2-5,12-14H2,1H3/b11-7+. The van der Waals surface area contributed by atoms with Crippen molar-refractivity contribution in [1.29, 1.82) is 0 Å². The zero-order chi connectivity index (χ0) is 23.2. The van der Waals surface area contributed by atoms with Gasteiger partial charge in [0.25, 0.3) is 0 Å². The van der Waals surface area contributed by atoms with E-state index < -0.39 is 6.04 Å². The van der Waals surface area contributed by atoms with Crippen LogP contribution in [0, 0.1) is 0 Å². The second-order valence-electron chi connectivity index (χ2n) is 7.73. The lowest BCUT2D eigenvalue weighted by Gasteiger charge is -2.33. The third kappa shape index (κ3) is 5.84. The fraction of sp³-hybridized carbons (Fsp3) is 0.360. The highest BCUT2D eigenvalue weighted by Gasteiger charge is 2.32. The number of benzene rings is 2. The van der Waals surface area contributed by atoms with Crippen molar-refractivity contribution in [3.63, 3.8) is 0 Å². The van der Waals surface area contributed by atoms with E-state index in [0.717, 1.165) is 39.7 Å². The molecule has 0 spiro atoms. The molecule has 174 valence electrons. The molecular weight excluding hydrogens is 462 g/mol. The van der Waals surface area contributed by atoms with Gasteiger partial charge in [0.05, 0.1) is 11.6 Å². The molecule has 0 N–H and O–H groups in total. The Morgan fingerprint density at radius 3 is 2.76 bits per heavy atom. The molecule has 1 atom stereocenters. The van der Waals surface area contributed by atoms with E-state index in [1.807, 2.05) is 36.4 Å². The fourth-order valence-electron chi connectivity index (χ4n) is 3.86. The first-order chi connectivity index (χ1) is 16.0. The van der Waals surface area contributed by atoms with Crippen molar-refractivity contribution in [2.24, 2.45) is 0 Å². The van der Waals surface area contributed by atoms with E-state index in [1.165, 1.54) is 17.8 Å². The van der Waals surface area contributed by atoms with Crippen LogP contribution in [-0.2, 0) is 14.3 Å². The molecule has 0 aliphatic carbocycles. The van der Waals surface area contributed by atoms with Crippen LogP contribution in [0.1, 0.15) is 31.7 Å². The second kappa shape index (κ2) is 11.0. The summed E-state index contributed by atoms with van der Waals surface area (Å²) < 4.78 is 16.4. The topological polar surface area (TPSA) is 65.1 Å². The summed E-state index contributed by atoms with van der Waals surface area (Å²) in [7, 11) is 0. The van der Waals surface area contributed by atoms with E-state index in [9.17, 15) is 9.59 Å². The summed E-state index contributed by atoms with van der Waals surface area (Å²) in [5.74, 6) is 0.959. The van der Waals surface area contributed by atoms with Gasteiger partial charge < -0.3 is 19.1 Å². The highest BCUT2D eigenvalue weighted by Crippen LogP contribution is 2.39. The molecule has 0 saturated carbocycles. The number of rotatable bonds is 6. The molecule has 1 saturated heterocycles. The smallest absolute Gasteiger partial charge is 0.328 e. The number of piperidine rings is 1. The molecule has 6 nitrogen and oxygen atoms in total. The molecule has 2 aromatic rings. The van der Waals surface area contributed by atoms with E-state index in [2.05, 4.69) is 0 Å². The molecule has 0 radical (unpaired) electrons. The first-order valence-corrected chi connectivity index (χ1v) is 12.3. The minimum Gasteiger partial charge on any atom is -0.486 e. The number of hydrogen-bond acceptors (Lipinski definition) is 6. The molecule has 2 aliphatic heterocycles. The zero-order valence-electron chi connectivity index (χ0n) is 18.4. The van der Waals surface area contributed by atoms with Gasteiger partial charge in [0, 0.05) is 22.4 Å². The first kappa shape index (κ1) is 23.5. The minimum absolute atomic E-state index is 0.196. The highest BCUT2D eigenvalue weighted by molar-refractivity contribution is 7.99. The van der Waals surface area contributed by atoms with Gasteiger partial charge in [0.2, 0.25) is 5.91 Å². The number of nitrogens with zero attached hydrogens (tertiary/aromatic N) is 1. The number of hydrogen-bond donors (Lipinski definition) is 0. The van der Waals surface area contributed by atoms with Gasteiger partial charge in [-0.15, -0.1) is 0 Å². The van der Waals surface area contributed by atoms with Gasteiger partial charge in [-0.1, -0.05) is 29.4 Å². The number of carbonyl (C=O) groups is 2. The molecule has 4 rings (SSSR count). The SMILES string of the molecule is CCOC(=O)C1CCCCN1C(=O)/C=C/c1ccc(Sc2ccc3c(c2)OCCO3)c(Cl)c1. The number of likely N-dealkylation sites (tertiary alicyclic amines) is 1. The summed E-state index contributed by atoms with van der Waals surface area (Å²) in [6.45, 7) is 3.73. The van der Waals surface area contributed by atoms with Crippen LogP contribution in [0.2, 0.25) is 5.02 Å². The van der Waals surface area contributed by atoms with Gasteiger partial charge in [-0.05, 0) is 68.2 Å². The monoisotopic (exact) mass is 487 g/mol. The van der Waals surface area contributed by atoms with Crippen molar-refractivity contribution >= 4 is 41.3 Å². The molecule has 2 heterocycles. The van der Waals surface area contributed by atoms with Gasteiger partial charge in [0.15, 0.2) is 11.5 Å². The predicted molar refractivity (Wildman–Crippen MR) is 128 cm³/mol. The summed E-state index contributed by atoms with van der Waals surface area (Å²) in [6.07, 6.45) is 5.65. The predicted octanol–water partition coefficient (Wildman–Crippen LogP) is 5.22. The normalized spacial score (nSPS) is 17.8. The molecule has 0 aromatic heterocycles. The van der Waals surface area contributed by atoms with Crippen molar-refractivity contribution in [3.05, 3.63) is 53.1 Å². The van der Waals surface area contributed by atoms with E-state index in [-0.39, 0.29) is 11.9 Å². The molecular formula is C25H26ClNO5S. The summed E-state index contributed by atoms with van der Waals surface area (Å²) >= 11 is 8.05. The van der Waals surface area contributed by atoms with Crippen molar-refractivity contribution in [2.45, 2.75) is 42.0 Å². The second-order valence-corrected chi connectivity index (χ2v) is 9.25. The van der Waals surface area contributed by atoms with Crippen molar-refractivity contribution in [1.82, 2.24) is 4.90 Å². The molecule has 0 bridgehead atoms. The maximum atomic E-state index is 12.8. The largest absolute Gasteiger partial charge is 0.486 e. The van der Waals surface area contributed by atoms with Gasteiger partial charge in [-0.3, -0.25) is 4.79 Å². The number of amides is 1. The number of fused-ring (bicyclic) bond motifs is 1. The van der Waals surface area contributed by atoms with Crippen LogP contribution in [0.15, 0.2) is 52.3 Å². The van der Waals surface area contributed by atoms with Crippen molar-refractivity contribution < 1.29 is 23.8 Å². The maximum Gasteiger partial charge on any atom is 0.328 e. The van der Waals surface area contributed by atoms with Crippen LogP contribution >= 0.6 is 23.4 Å². The molecule has 2 aromatic carbocycles. The van der Waals surface area contributed by atoms with Crippen LogP contribution < -0.4 is 9.47 Å². The summed E-state index contributed by atoms with van der Waals surface area (Å²) in [4.78, 5) is 28.5. The number of ether oxygens (including phenoxy) is 3. The lowest BCUT2D eigenvalue weighted by Crippen LogP contribution is -2.48. The van der Waals surface area contributed by atoms with Gasteiger partial charge >= 0.3 is 5.97 Å². The Bertz CT molecular complexity index is 1060. The van der Waals surface area contributed by atoms with Gasteiger partial charge in [0.1, 0.15) is 19.3 Å². The Hall–Kier alpha value is -2.64. The molecule has 1 unspecified atom stereocenters. The number of esters is 1. The Balaban J connectivity index is 1.42. The average molecular weight is 488 g/mol. The van der Waals surface area contributed by atoms with E-state index in [0.29, 0.717) is 37.8 Å². The minimum atomic E-state index is -0.510. The average Bonchev–Trinajstić information content (AvgIpc) is 2.84. The van der Waals surface area contributed by atoms with E-state index in [1.54, 1.807) is 17.9 Å². The zero-order valence-corrected chi connectivity index (χ0v) is 20.0. The summed E-state index contributed by atoms with van der Waals surface area (Å²) in [5, 5.41) is 0.590. The molecule has 8 heteroatoms. The lowest BCUT2D eigenvalue weighted by molar-refractivity contribution is -0.155.